The predicted octanol–water partition coefficient (Wildman–Crippen LogP) is 0.135. The third kappa shape index (κ3) is 1.37. The van der Waals surface area contributed by atoms with Gasteiger partial charge in [-0.05, 0) is 12.8 Å². The molecule has 0 radical (unpaired) electrons. The molecule has 1 aliphatic rings. The van der Waals surface area contributed by atoms with Gasteiger partial charge < -0.3 is 15.3 Å². The van der Waals surface area contributed by atoms with Crippen LogP contribution in [0.15, 0.2) is 0 Å². The Morgan fingerprint density at radius 2 is 1.08 bits per heavy atom. The first-order valence-electron chi connectivity index (χ1n) is 4.67. The quantitative estimate of drug-likeness (QED) is 0.558. The summed E-state index contributed by atoms with van der Waals surface area (Å²) >= 11 is 0. The van der Waals surface area contributed by atoms with Crippen molar-refractivity contribution < 1.29 is 15.3 Å². The van der Waals surface area contributed by atoms with Crippen molar-refractivity contribution in [1.82, 2.24) is 0 Å². The standard InChI is InChI=1S/C9H18O3/c1-3-5-7(10)6(4-2)9(12)8(5)11/h5-12H,3-4H2,1-2H3/t5?,6?,7?,8-,9?/m1/s1. The van der Waals surface area contributed by atoms with Crippen molar-refractivity contribution in [2.24, 2.45) is 11.8 Å². The summed E-state index contributed by atoms with van der Waals surface area (Å²) in [5.74, 6) is -0.296. The van der Waals surface area contributed by atoms with Crippen LogP contribution in [0.25, 0.3) is 0 Å². The molecule has 0 aliphatic heterocycles. The Hall–Kier alpha value is -0.120. The molecule has 0 heterocycles. The molecule has 3 N–H and O–H groups in total. The fraction of sp³-hybridized carbons (Fsp3) is 1.00. The monoisotopic (exact) mass is 174 g/mol. The normalized spacial score (nSPS) is 48.2. The van der Waals surface area contributed by atoms with Crippen molar-refractivity contribution in [1.29, 1.82) is 0 Å². The highest BCUT2D eigenvalue weighted by molar-refractivity contribution is 4.96. The van der Waals surface area contributed by atoms with Gasteiger partial charge in [-0.1, -0.05) is 13.8 Å². The Labute approximate surface area is 73.0 Å². The van der Waals surface area contributed by atoms with E-state index in [2.05, 4.69) is 0 Å². The molecule has 0 bridgehead atoms. The van der Waals surface area contributed by atoms with E-state index in [1.807, 2.05) is 13.8 Å². The maximum atomic E-state index is 9.67. The molecule has 0 aromatic heterocycles. The van der Waals surface area contributed by atoms with Crippen LogP contribution in [0.3, 0.4) is 0 Å². The molecular weight excluding hydrogens is 156 g/mol. The average Bonchev–Trinajstić information content (AvgIpc) is 2.25. The lowest BCUT2D eigenvalue weighted by atomic mass is 9.96. The Morgan fingerprint density at radius 3 is 1.25 bits per heavy atom. The molecule has 4 unspecified atom stereocenters. The molecule has 0 aromatic rings. The van der Waals surface area contributed by atoms with Crippen molar-refractivity contribution in [2.75, 3.05) is 0 Å². The van der Waals surface area contributed by atoms with E-state index in [4.69, 9.17) is 0 Å². The first kappa shape index (κ1) is 9.96. The van der Waals surface area contributed by atoms with Gasteiger partial charge in [0.25, 0.3) is 0 Å². The summed E-state index contributed by atoms with van der Waals surface area (Å²) in [5.41, 5.74) is 0. The summed E-state index contributed by atoms with van der Waals surface area (Å²) in [4.78, 5) is 0. The van der Waals surface area contributed by atoms with Gasteiger partial charge in [-0.3, -0.25) is 0 Å². The number of aliphatic hydroxyl groups is 3. The average molecular weight is 174 g/mol. The molecule has 0 aromatic carbocycles. The van der Waals surface area contributed by atoms with Crippen molar-refractivity contribution in [2.45, 2.75) is 45.0 Å². The lowest BCUT2D eigenvalue weighted by Gasteiger charge is -2.17. The van der Waals surface area contributed by atoms with Crippen LogP contribution < -0.4 is 0 Å². The summed E-state index contributed by atoms with van der Waals surface area (Å²) in [5, 5.41) is 28.7. The Kier molecular flexibility index (Phi) is 3.09. The second-order valence-electron chi connectivity index (χ2n) is 3.62. The second-order valence-corrected chi connectivity index (χ2v) is 3.62. The SMILES string of the molecule is CCC1C(O)C(CC)[C@@H](O)C1O. The zero-order valence-corrected chi connectivity index (χ0v) is 7.64. The summed E-state index contributed by atoms with van der Waals surface area (Å²) in [6, 6.07) is 0. The van der Waals surface area contributed by atoms with Crippen molar-refractivity contribution in [3.8, 4) is 0 Å². The maximum Gasteiger partial charge on any atom is 0.0855 e. The molecule has 72 valence electrons. The third-order valence-electron chi connectivity index (χ3n) is 3.05. The molecule has 1 aliphatic carbocycles. The molecule has 5 atom stereocenters. The van der Waals surface area contributed by atoms with Gasteiger partial charge >= 0.3 is 0 Å². The number of aliphatic hydroxyl groups excluding tert-OH is 3. The highest BCUT2D eigenvalue weighted by Gasteiger charge is 2.46. The van der Waals surface area contributed by atoms with Crippen molar-refractivity contribution in [3.05, 3.63) is 0 Å². The van der Waals surface area contributed by atoms with E-state index in [1.54, 1.807) is 0 Å². The zero-order chi connectivity index (χ0) is 9.30. The van der Waals surface area contributed by atoms with E-state index in [-0.39, 0.29) is 11.8 Å². The van der Waals surface area contributed by atoms with Gasteiger partial charge in [0.1, 0.15) is 0 Å². The van der Waals surface area contributed by atoms with Crippen molar-refractivity contribution >= 4 is 0 Å². The lowest BCUT2D eigenvalue weighted by Crippen LogP contribution is -2.27. The maximum absolute atomic E-state index is 9.67. The first-order chi connectivity index (χ1) is 5.63. The van der Waals surface area contributed by atoms with Gasteiger partial charge in [0.05, 0.1) is 18.3 Å². The minimum Gasteiger partial charge on any atom is -0.392 e. The van der Waals surface area contributed by atoms with Gasteiger partial charge in [0, 0.05) is 11.8 Å². The molecule has 3 nitrogen and oxygen atoms in total. The highest BCUT2D eigenvalue weighted by atomic mass is 16.3. The van der Waals surface area contributed by atoms with Gasteiger partial charge in [0.15, 0.2) is 0 Å². The molecule has 1 fully saturated rings. The molecule has 12 heavy (non-hydrogen) atoms. The number of hydrogen-bond acceptors (Lipinski definition) is 3. The van der Waals surface area contributed by atoms with Crippen LogP contribution in [-0.4, -0.2) is 33.6 Å². The van der Waals surface area contributed by atoms with Gasteiger partial charge in [0.2, 0.25) is 0 Å². The van der Waals surface area contributed by atoms with E-state index in [9.17, 15) is 15.3 Å². The van der Waals surface area contributed by atoms with E-state index in [0.717, 1.165) is 12.8 Å². The zero-order valence-electron chi connectivity index (χ0n) is 7.64. The number of rotatable bonds is 2. The van der Waals surface area contributed by atoms with E-state index in [1.165, 1.54) is 0 Å². The Morgan fingerprint density at radius 1 is 0.750 bits per heavy atom. The van der Waals surface area contributed by atoms with Crippen LogP contribution in [0.2, 0.25) is 0 Å². The summed E-state index contributed by atoms with van der Waals surface area (Å²) in [6.07, 6.45) is -0.582. The van der Waals surface area contributed by atoms with Crippen LogP contribution in [-0.2, 0) is 0 Å². The molecule has 1 saturated carbocycles. The Bertz CT molecular complexity index is 133. The minimum absolute atomic E-state index is 0.148. The Balaban J connectivity index is 2.71. The molecular formula is C9H18O3. The van der Waals surface area contributed by atoms with Crippen LogP contribution in [0.1, 0.15) is 26.7 Å². The predicted molar refractivity (Wildman–Crippen MR) is 45.6 cm³/mol. The van der Waals surface area contributed by atoms with Crippen LogP contribution in [0.4, 0.5) is 0 Å². The highest BCUT2D eigenvalue weighted by Crippen LogP contribution is 2.35. The van der Waals surface area contributed by atoms with Gasteiger partial charge in [-0.15, -0.1) is 0 Å². The van der Waals surface area contributed by atoms with Gasteiger partial charge in [-0.2, -0.15) is 0 Å². The summed E-state index contributed by atoms with van der Waals surface area (Å²) in [6.45, 7) is 3.84. The van der Waals surface area contributed by atoms with E-state index in [0.29, 0.717) is 0 Å². The van der Waals surface area contributed by atoms with E-state index >= 15 is 0 Å². The lowest BCUT2D eigenvalue weighted by molar-refractivity contribution is 0.00293. The molecule has 0 spiro atoms. The second kappa shape index (κ2) is 3.73. The molecule has 3 heteroatoms. The van der Waals surface area contributed by atoms with E-state index < -0.39 is 18.3 Å². The van der Waals surface area contributed by atoms with Crippen molar-refractivity contribution in [3.63, 3.8) is 0 Å². The molecule has 0 amide bonds. The first-order valence-corrected chi connectivity index (χ1v) is 4.67. The molecule has 1 rings (SSSR count). The van der Waals surface area contributed by atoms with Crippen LogP contribution in [0, 0.1) is 11.8 Å². The number of hydrogen-bond donors (Lipinski definition) is 3. The van der Waals surface area contributed by atoms with Crippen LogP contribution in [0.5, 0.6) is 0 Å². The minimum atomic E-state index is -0.741. The summed E-state index contributed by atoms with van der Waals surface area (Å²) < 4.78 is 0. The fourth-order valence-electron chi connectivity index (χ4n) is 2.19. The topological polar surface area (TPSA) is 60.7 Å². The van der Waals surface area contributed by atoms with Crippen LogP contribution >= 0.6 is 0 Å². The fourth-order valence-corrected chi connectivity index (χ4v) is 2.19. The van der Waals surface area contributed by atoms with Gasteiger partial charge in [-0.25, -0.2) is 0 Å². The third-order valence-corrected chi connectivity index (χ3v) is 3.05. The largest absolute Gasteiger partial charge is 0.392 e. The summed E-state index contributed by atoms with van der Waals surface area (Å²) in [7, 11) is 0. The molecule has 0 saturated heterocycles. The smallest absolute Gasteiger partial charge is 0.0855 e.